The van der Waals surface area contributed by atoms with Crippen LogP contribution in [0.3, 0.4) is 0 Å². The highest BCUT2D eigenvalue weighted by Gasteiger charge is 2.33. The number of carbonyl (C=O) groups is 1. The first-order chi connectivity index (χ1) is 17.6. The number of hydrogen-bond donors (Lipinski definition) is 1. The lowest BCUT2D eigenvalue weighted by molar-refractivity contribution is -0.121. The molecule has 37 heavy (non-hydrogen) atoms. The number of amides is 1. The van der Waals surface area contributed by atoms with Crippen molar-refractivity contribution in [2.24, 2.45) is 10.9 Å². The summed E-state index contributed by atoms with van der Waals surface area (Å²) in [5, 5.41) is 3.63. The van der Waals surface area contributed by atoms with Gasteiger partial charge in [0.25, 0.3) is 0 Å². The minimum Gasteiger partial charge on any atom is -0.356 e. The van der Waals surface area contributed by atoms with E-state index in [2.05, 4.69) is 36.0 Å². The summed E-state index contributed by atoms with van der Waals surface area (Å²) in [5.41, 5.74) is 4.35. The van der Waals surface area contributed by atoms with E-state index in [0.29, 0.717) is 43.4 Å². The molecule has 1 heterocycles. The van der Waals surface area contributed by atoms with Gasteiger partial charge in [-0.3, -0.25) is 9.79 Å². The summed E-state index contributed by atoms with van der Waals surface area (Å²) in [6.07, 6.45) is 10.5. The third kappa shape index (κ3) is 9.86. The normalized spacial score (nSPS) is 17.0. The predicted octanol–water partition coefficient (Wildman–Crippen LogP) is 6.06. The van der Waals surface area contributed by atoms with Gasteiger partial charge in [0.1, 0.15) is 0 Å². The number of rotatable bonds is 14. The topological polar surface area (TPSA) is 78.8 Å². The second-order valence-electron chi connectivity index (χ2n) is 9.51. The standard InChI is InChI=1S/C28H41Cl2N3O3S/c1-5-21(9-8-16-32-27(34)10-7-15-29)19-23-20-24(30)11-12-25(23)28(26(6-2)31-3)22-13-17-33(18-14-22)37(4,35)36/h6,11-12,19-20,22,28H,2,5,7-10,13-18H2,1,3-4H3,(H,32,34)/b21-19+,31-26?. The van der Waals surface area contributed by atoms with Crippen molar-refractivity contribution in [3.8, 4) is 0 Å². The minimum absolute atomic E-state index is 0.00736. The molecule has 1 aromatic rings. The summed E-state index contributed by atoms with van der Waals surface area (Å²) in [6, 6.07) is 5.97. The van der Waals surface area contributed by atoms with E-state index < -0.39 is 10.0 Å². The Morgan fingerprint density at radius 2 is 1.97 bits per heavy atom. The summed E-state index contributed by atoms with van der Waals surface area (Å²) < 4.78 is 25.7. The number of benzene rings is 1. The van der Waals surface area contributed by atoms with Crippen molar-refractivity contribution < 1.29 is 13.2 Å². The van der Waals surface area contributed by atoms with Crippen LogP contribution in [0.5, 0.6) is 0 Å². The number of halogens is 2. The van der Waals surface area contributed by atoms with Gasteiger partial charge in [-0.05, 0) is 73.8 Å². The number of hydrogen-bond acceptors (Lipinski definition) is 4. The molecule has 1 saturated heterocycles. The molecular weight excluding hydrogens is 529 g/mol. The van der Waals surface area contributed by atoms with Crippen LogP contribution in [0, 0.1) is 5.92 Å². The zero-order valence-electron chi connectivity index (χ0n) is 22.3. The summed E-state index contributed by atoms with van der Waals surface area (Å²) in [6.45, 7) is 7.79. The molecule has 1 aliphatic rings. The largest absolute Gasteiger partial charge is 0.356 e. The number of nitrogens with zero attached hydrogens (tertiary/aromatic N) is 2. The maximum Gasteiger partial charge on any atom is 0.220 e. The van der Waals surface area contributed by atoms with Crippen LogP contribution >= 0.6 is 23.2 Å². The highest BCUT2D eigenvalue weighted by atomic mass is 35.5. The second kappa shape index (κ2) is 15.7. The number of sulfonamides is 1. The van der Waals surface area contributed by atoms with E-state index in [1.54, 1.807) is 11.4 Å². The Hall–Kier alpha value is -1.67. The highest BCUT2D eigenvalue weighted by Crippen LogP contribution is 2.38. The number of alkyl halides is 1. The molecule has 0 aliphatic carbocycles. The molecule has 1 aliphatic heterocycles. The van der Waals surface area contributed by atoms with E-state index in [0.717, 1.165) is 48.9 Å². The Kier molecular flexibility index (Phi) is 13.4. The van der Waals surface area contributed by atoms with Gasteiger partial charge in [-0.15, -0.1) is 11.6 Å². The van der Waals surface area contributed by atoms with E-state index in [4.69, 9.17) is 23.2 Å². The van der Waals surface area contributed by atoms with Crippen molar-refractivity contribution in [2.75, 3.05) is 38.8 Å². The van der Waals surface area contributed by atoms with E-state index in [-0.39, 0.29) is 17.7 Å². The fourth-order valence-corrected chi connectivity index (χ4v) is 6.12. The lowest BCUT2D eigenvalue weighted by Crippen LogP contribution is -2.40. The molecule has 1 amide bonds. The van der Waals surface area contributed by atoms with Crippen LogP contribution in [0.1, 0.15) is 68.9 Å². The van der Waals surface area contributed by atoms with E-state index in [9.17, 15) is 13.2 Å². The van der Waals surface area contributed by atoms with Crippen molar-refractivity contribution in [3.63, 3.8) is 0 Å². The molecule has 1 fully saturated rings. The fraction of sp³-hybridized carbons (Fsp3) is 0.571. The smallest absolute Gasteiger partial charge is 0.220 e. The van der Waals surface area contributed by atoms with Gasteiger partial charge in [0.15, 0.2) is 0 Å². The third-order valence-corrected chi connectivity index (χ3v) is 8.76. The average molecular weight is 571 g/mol. The van der Waals surface area contributed by atoms with Crippen molar-refractivity contribution in [1.82, 2.24) is 9.62 Å². The summed E-state index contributed by atoms with van der Waals surface area (Å²) in [5.74, 6) is 0.760. The molecule has 0 radical (unpaired) electrons. The van der Waals surface area contributed by atoms with Crippen LogP contribution in [0.25, 0.3) is 6.08 Å². The fourth-order valence-electron chi connectivity index (χ4n) is 4.94. The molecule has 6 nitrogen and oxygen atoms in total. The van der Waals surface area contributed by atoms with Gasteiger partial charge in [-0.2, -0.15) is 0 Å². The molecule has 0 aromatic heterocycles. The SMILES string of the molecule is C=CC(=NC)C(c1ccc(Cl)cc1/C=C(\CC)CCCNC(=O)CCCCl)C1CCN(S(C)(=O)=O)CC1. The molecule has 206 valence electrons. The number of nitrogens with one attached hydrogen (secondary N) is 1. The average Bonchev–Trinajstić information content (AvgIpc) is 2.87. The first-order valence-corrected chi connectivity index (χ1v) is 15.8. The van der Waals surface area contributed by atoms with Crippen molar-refractivity contribution in [2.45, 2.75) is 57.8 Å². The lowest BCUT2D eigenvalue weighted by Gasteiger charge is -2.36. The molecule has 1 aromatic carbocycles. The van der Waals surface area contributed by atoms with Crippen molar-refractivity contribution >= 4 is 50.9 Å². The Bertz CT molecular complexity index is 1080. The molecule has 1 unspecified atom stereocenters. The summed E-state index contributed by atoms with van der Waals surface area (Å²) in [4.78, 5) is 16.4. The molecule has 9 heteroatoms. The van der Waals surface area contributed by atoms with E-state index in [1.807, 2.05) is 18.2 Å². The molecule has 0 bridgehead atoms. The third-order valence-electron chi connectivity index (χ3n) is 6.96. The summed E-state index contributed by atoms with van der Waals surface area (Å²) in [7, 11) is -1.42. The lowest BCUT2D eigenvalue weighted by atomic mass is 9.75. The van der Waals surface area contributed by atoms with Crippen LogP contribution in [0.2, 0.25) is 5.02 Å². The van der Waals surface area contributed by atoms with Gasteiger partial charge in [-0.25, -0.2) is 12.7 Å². The first kappa shape index (κ1) is 31.5. The number of piperidine rings is 1. The monoisotopic (exact) mass is 569 g/mol. The molecule has 2 rings (SSSR count). The van der Waals surface area contributed by atoms with Crippen LogP contribution in [-0.4, -0.2) is 63.2 Å². The van der Waals surface area contributed by atoms with Gasteiger partial charge < -0.3 is 5.32 Å². The Balaban J connectivity index is 2.29. The molecule has 1 N–H and O–H groups in total. The number of carbonyl (C=O) groups excluding carboxylic acids is 1. The minimum atomic E-state index is -3.20. The Morgan fingerprint density at radius 3 is 2.54 bits per heavy atom. The highest BCUT2D eigenvalue weighted by molar-refractivity contribution is 7.88. The van der Waals surface area contributed by atoms with Crippen LogP contribution in [0.4, 0.5) is 0 Å². The van der Waals surface area contributed by atoms with Gasteiger partial charge in [0.2, 0.25) is 15.9 Å². The number of allylic oxidation sites excluding steroid dienone is 2. The molecule has 0 saturated carbocycles. The maximum absolute atomic E-state index is 12.1. The zero-order chi connectivity index (χ0) is 27.4. The molecule has 0 spiro atoms. The van der Waals surface area contributed by atoms with Crippen LogP contribution in [0.15, 0.2) is 41.4 Å². The Morgan fingerprint density at radius 1 is 1.27 bits per heavy atom. The Labute approximate surface area is 233 Å². The maximum atomic E-state index is 12.1. The van der Waals surface area contributed by atoms with Gasteiger partial charge in [0, 0.05) is 55.6 Å². The van der Waals surface area contributed by atoms with Crippen LogP contribution in [-0.2, 0) is 14.8 Å². The first-order valence-electron chi connectivity index (χ1n) is 13.0. The van der Waals surface area contributed by atoms with Crippen LogP contribution < -0.4 is 5.32 Å². The second-order valence-corrected chi connectivity index (χ2v) is 12.3. The quantitative estimate of drug-likeness (QED) is 0.168. The molecule has 1 atom stereocenters. The summed E-state index contributed by atoms with van der Waals surface area (Å²) >= 11 is 12.1. The van der Waals surface area contributed by atoms with Crippen molar-refractivity contribution in [1.29, 1.82) is 0 Å². The van der Waals surface area contributed by atoms with Crippen molar-refractivity contribution in [3.05, 3.63) is 52.6 Å². The number of aliphatic imine (C=N–C) groups is 1. The predicted molar refractivity (Wildman–Crippen MR) is 157 cm³/mol. The van der Waals surface area contributed by atoms with Gasteiger partial charge >= 0.3 is 0 Å². The molecular formula is C28H41Cl2N3O3S. The van der Waals surface area contributed by atoms with E-state index in [1.165, 1.54) is 11.8 Å². The van der Waals surface area contributed by atoms with Gasteiger partial charge in [0.05, 0.1) is 6.26 Å². The zero-order valence-corrected chi connectivity index (χ0v) is 24.6. The van der Waals surface area contributed by atoms with Gasteiger partial charge in [-0.1, -0.05) is 42.8 Å². The van der Waals surface area contributed by atoms with E-state index >= 15 is 0 Å².